The van der Waals surface area contributed by atoms with Crippen molar-refractivity contribution in [1.82, 2.24) is 9.97 Å². The molecule has 3 N–H and O–H groups in total. The van der Waals surface area contributed by atoms with Crippen LogP contribution >= 0.6 is 0 Å². The number of hydrazine groups is 1. The van der Waals surface area contributed by atoms with E-state index < -0.39 is 0 Å². The van der Waals surface area contributed by atoms with Crippen LogP contribution in [0.5, 0.6) is 0 Å². The van der Waals surface area contributed by atoms with Crippen LogP contribution in [-0.2, 0) is 0 Å². The third kappa shape index (κ3) is 2.90. The molecule has 0 bridgehead atoms. The SMILES string of the molecule is CCCN(c1cc(NN)nc(C2CC2)n1)C(C)C. The first-order chi connectivity index (χ1) is 8.65. The molecule has 0 spiro atoms. The summed E-state index contributed by atoms with van der Waals surface area (Å²) in [5.41, 5.74) is 2.65. The number of nitrogens with two attached hydrogens (primary N) is 1. The van der Waals surface area contributed by atoms with Gasteiger partial charge in [-0.3, -0.25) is 0 Å². The van der Waals surface area contributed by atoms with Crippen LogP contribution in [-0.4, -0.2) is 22.6 Å². The highest BCUT2D eigenvalue weighted by Gasteiger charge is 2.28. The fourth-order valence-corrected chi connectivity index (χ4v) is 2.08. The van der Waals surface area contributed by atoms with E-state index in [-0.39, 0.29) is 0 Å². The van der Waals surface area contributed by atoms with E-state index in [4.69, 9.17) is 10.8 Å². The Morgan fingerprint density at radius 1 is 1.44 bits per heavy atom. The van der Waals surface area contributed by atoms with Gasteiger partial charge in [-0.25, -0.2) is 15.8 Å². The number of anilines is 2. The maximum atomic E-state index is 5.50. The van der Waals surface area contributed by atoms with Crippen LogP contribution in [0.15, 0.2) is 6.07 Å². The lowest BCUT2D eigenvalue weighted by Gasteiger charge is -2.28. The van der Waals surface area contributed by atoms with Gasteiger partial charge < -0.3 is 10.3 Å². The summed E-state index contributed by atoms with van der Waals surface area (Å²) in [5, 5.41) is 0. The summed E-state index contributed by atoms with van der Waals surface area (Å²) < 4.78 is 0. The summed E-state index contributed by atoms with van der Waals surface area (Å²) in [5.74, 6) is 8.66. The summed E-state index contributed by atoms with van der Waals surface area (Å²) >= 11 is 0. The second kappa shape index (κ2) is 5.52. The fraction of sp³-hybridized carbons (Fsp3) is 0.692. The zero-order chi connectivity index (χ0) is 13.1. The number of nitrogens with zero attached hydrogens (tertiary/aromatic N) is 3. The largest absolute Gasteiger partial charge is 0.354 e. The quantitative estimate of drug-likeness (QED) is 0.598. The highest BCUT2D eigenvalue weighted by Crippen LogP contribution is 2.39. The molecule has 0 saturated heterocycles. The predicted octanol–water partition coefficient (Wildman–Crippen LogP) is 2.26. The molecule has 100 valence electrons. The van der Waals surface area contributed by atoms with Crippen molar-refractivity contribution in [2.24, 2.45) is 5.84 Å². The molecular formula is C13H23N5. The highest BCUT2D eigenvalue weighted by molar-refractivity contribution is 5.50. The van der Waals surface area contributed by atoms with Crippen LogP contribution in [0.1, 0.15) is 51.8 Å². The number of hydrogen-bond donors (Lipinski definition) is 2. The van der Waals surface area contributed by atoms with Crippen molar-refractivity contribution < 1.29 is 0 Å². The van der Waals surface area contributed by atoms with Crippen LogP contribution < -0.4 is 16.2 Å². The van der Waals surface area contributed by atoms with Gasteiger partial charge in [0.15, 0.2) is 0 Å². The predicted molar refractivity (Wildman–Crippen MR) is 74.6 cm³/mol. The molecule has 5 nitrogen and oxygen atoms in total. The monoisotopic (exact) mass is 249 g/mol. The maximum Gasteiger partial charge on any atom is 0.145 e. The van der Waals surface area contributed by atoms with Crippen molar-refractivity contribution in [1.29, 1.82) is 0 Å². The van der Waals surface area contributed by atoms with Crippen molar-refractivity contribution in [2.75, 3.05) is 16.9 Å². The Labute approximate surface area is 109 Å². The van der Waals surface area contributed by atoms with E-state index in [2.05, 4.69) is 36.1 Å². The third-order valence-corrected chi connectivity index (χ3v) is 3.20. The van der Waals surface area contributed by atoms with E-state index in [0.29, 0.717) is 17.8 Å². The summed E-state index contributed by atoms with van der Waals surface area (Å²) in [4.78, 5) is 11.4. The molecule has 0 amide bonds. The molecule has 0 aromatic carbocycles. The number of nitrogens with one attached hydrogen (secondary N) is 1. The van der Waals surface area contributed by atoms with Crippen LogP contribution in [0, 0.1) is 0 Å². The van der Waals surface area contributed by atoms with Gasteiger partial charge in [-0.1, -0.05) is 6.92 Å². The Morgan fingerprint density at radius 3 is 2.67 bits per heavy atom. The van der Waals surface area contributed by atoms with Crippen molar-refractivity contribution >= 4 is 11.6 Å². The molecule has 18 heavy (non-hydrogen) atoms. The van der Waals surface area contributed by atoms with Gasteiger partial charge in [-0.05, 0) is 33.1 Å². The van der Waals surface area contributed by atoms with E-state index in [0.717, 1.165) is 24.6 Å². The summed E-state index contributed by atoms with van der Waals surface area (Å²) in [6, 6.07) is 2.36. The lowest BCUT2D eigenvalue weighted by molar-refractivity contribution is 0.658. The zero-order valence-corrected chi connectivity index (χ0v) is 11.5. The number of hydrogen-bond acceptors (Lipinski definition) is 5. The molecule has 1 aliphatic rings. The van der Waals surface area contributed by atoms with E-state index in [1.165, 1.54) is 12.8 Å². The maximum absolute atomic E-state index is 5.50. The van der Waals surface area contributed by atoms with Crippen molar-refractivity contribution in [3.63, 3.8) is 0 Å². The van der Waals surface area contributed by atoms with Crippen LogP contribution in [0.2, 0.25) is 0 Å². The average molecular weight is 249 g/mol. The van der Waals surface area contributed by atoms with Gasteiger partial charge in [0.1, 0.15) is 17.5 Å². The Morgan fingerprint density at radius 2 is 2.17 bits per heavy atom. The topological polar surface area (TPSA) is 67.1 Å². The van der Waals surface area contributed by atoms with Gasteiger partial charge in [0.25, 0.3) is 0 Å². The molecular weight excluding hydrogens is 226 g/mol. The van der Waals surface area contributed by atoms with Crippen molar-refractivity contribution in [2.45, 2.75) is 52.0 Å². The van der Waals surface area contributed by atoms with Gasteiger partial charge >= 0.3 is 0 Å². The second-order valence-electron chi connectivity index (χ2n) is 5.18. The fourth-order valence-electron chi connectivity index (χ4n) is 2.08. The summed E-state index contributed by atoms with van der Waals surface area (Å²) in [6.45, 7) is 7.55. The second-order valence-corrected chi connectivity index (χ2v) is 5.18. The molecule has 0 unspecified atom stereocenters. The number of rotatable bonds is 6. The van der Waals surface area contributed by atoms with Gasteiger partial charge in [0.05, 0.1) is 0 Å². The van der Waals surface area contributed by atoms with E-state index >= 15 is 0 Å². The molecule has 0 aliphatic heterocycles. The van der Waals surface area contributed by atoms with Gasteiger partial charge in [-0.15, -0.1) is 0 Å². The molecule has 1 aliphatic carbocycles. The Balaban J connectivity index is 2.31. The van der Waals surface area contributed by atoms with Crippen LogP contribution in [0.3, 0.4) is 0 Å². The lowest BCUT2D eigenvalue weighted by atomic mass is 10.2. The highest BCUT2D eigenvalue weighted by atomic mass is 15.3. The zero-order valence-electron chi connectivity index (χ0n) is 11.5. The molecule has 1 saturated carbocycles. The smallest absolute Gasteiger partial charge is 0.145 e. The first kappa shape index (κ1) is 13.1. The summed E-state index contributed by atoms with van der Waals surface area (Å²) in [6.07, 6.45) is 3.50. The Bertz CT molecular complexity index is 400. The molecule has 1 fully saturated rings. The molecule has 1 aromatic rings. The van der Waals surface area contributed by atoms with Crippen LogP contribution in [0.25, 0.3) is 0 Å². The Kier molecular flexibility index (Phi) is 4.01. The molecule has 0 radical (unpaired) electrons. The van der Waals surface area contributed by atoms with Crippen molar-refractivity contribution in [3.8, 4) is 0 Å². The standard InChI is InChI=1S/C13H23N5/c1-4-7-18(9(2)3)12-8-11(17-14)15-13(16-12)10-5-6-10/h8-10H,4-7,14H2,1-3H3,(H,15,16,17). The normalized spacial score (nSPS) is 14.9. The third-order valence-electron chi connectivity index (χ3n) is 3.20. The molecule has 1 heterocycles. The first-order valence-electron chi connectivity index (χ1n) is 6.78. The average Bonchev–Trinajstić information content (AvgIpc) is 3.19. The minimum atomic E-state index is 0.428. The van der Waals surface area contributed by atoms with Gasteiger partial charge in [-0.2, -0.15) is 0 Å². The van der Waals surface area contributed by atoms with Crippen molar-refractivity contribution in [3.05, 3.63) is 11.9 Å². The van der Waals surface area contributed by atoms with E-state index in [1.54, 1.807) is 0 Å². The van der Waals surface area contributed by atoms with Gasteiger partial charge in [0, 0.05) is 24.6 Å². The number of aromatic nitrogens is 2. The van der Waals surface area contributed by atoms with E-state index in [9.17, 15) is 0 Å². The molecule has 5 heteroatoms. The minimum absolute atomic E-state index is 0.428. The van der Waals surface area contributed by atoms with Gasteiger partial charge in [0.2, 0.25) is 0 Å². The van der Waals surface area contributed by atoms with Crippen LogP contribution in [0.4, 0.5) is 11.6 Å². The lowest BCUT2D eigenvalue weighted by Crippen LogP contribution is -2.32. The minimum Gasteiger partial charge on any atom is -0.354 e. The number of nitrogen functional groups attached to an aromatic ring is 1. The van der Waals surface area contributed by atoms with E-state index in [1.807, 2.05) is 6.07 Å². The Hall–Kier alpha value is -1.36. The summed E-state index contributed by atoms with van der Waals surface area (Å²) in [7, 11) is 0. The molecule has 0 atom stereocenters. The molecule has 1 aromatic heterocycles. The molecule has 2 rings (SSSR count). The first-order valence-corrected chi connectivity index (χ1v) is 6.78.